The average Bonchev–Trinajstić information content (AvgIpc) is 3.15. The molecule has 0 unspecified atom stereocenters. The minimum absolute atomic E-state index is 0.0295. The maximum atomic E-state index is 12.8. The molecule has 0 aromatic carbocycles. The highest BCUT2D eigenvalue weighted by Gasteiger charge is 2.33. The van der Waals surface area contributed by atoms with E-state index in [-0.39, 0.29) is 17.4 Å². The van der Waals surface area contributed by atoms with Crippen molar-refractivity contribution in [3.8, 4) is 0 Å². The van der Waals surface area contributed by atoms with Gasteiger partial charge in [-0.15, -0.1) is 11.3 Å². The van der Waals surface area contributed by atoms with Gasteiger partial charge in [-0.25, -0.2) is 9.97 Å². The number of pyridine rings is 1. The lowest BCUT2D eigenvalue weighted by Crippen LogP contribution is -2.40. The zero-order valence-corrected chi connectivity index (χ0v) is 16.5. The third kappa shape index (κ3) is 3.96. The van der Waals surface area contributed by atoms with Crippen molar-refractivity contribution < 1.29 is 4.79 Å². The van der Waals surface area contributed by atoms with E-state index < -0.39 is 0 Å². The Balaban J connectivity index is 1.76. The molecule has 1 aliphatic heterocycles. The number of nitrogens with zero attached hydrogens (tertiary/aromatic N) is 3. The van der Waals surface area contributed by atoms with Gasteiger partial charge in [0.15, 0.2) is 5.13 Å². The Labute approximate surface area is 157 Å². The number of thiazole rings is 1. The van der Waals surface area contributed by atoms with Crippen molar-refractivity contribution in [1.82, 2.24) is 9.97 Å². The van der Waals surface area contributed by atoms with Crippen molar-refractivity contribution in [1.29, 1.82) is 0 Å². The molecule has 1 amide bonds. The highest BCUT2D eigenvalue weighted by Crippen LogP contribution is 2.32. The van der Waals surface area contributed by atoms with Crippen molar-refractivity contribution in [3.05, 3.63) is 33.9 Å². The second kappa shape index (κ2) is 6.92. The van der Waals surface area contributed by atoms with Crippen LogP contribution in [0.3, 0.4) is 0 Å². The Morgan fingerprint density at radius 2 is 2.20 bits per heavy atom. The molecule has 0 spiro atoms. The van der Waals surface area contributed by atoms with Crippen LogP contribution in [0.5, 0.6) is 0 Å². The third-order valence-electron chi connectivity index (χ3n) is 4.29. The first kappa shape index (κ1) is 18.1. The highest BCUT2D eigenvalue weighted by molar-refractivity contribution is 7.14. The number of hydrogen-bond donors (Lipinski definition) is 1. The Morgan fingerprint density at radius 1 is 1.44 bits per heavy atom. The highest BCUT2D eigenvalue weighted by atomic mass is 35.5. The van der Waals surface area contributed by atoms with E-state index in [1.54, 1.807) is 6.20 Å². The summed E-state index contributed by atoms with van der Waals surface area (Å²) in [5, 5.41) is 6.19. The molecule has 2 aromatic heterocycles. The van der Waals surface area contributed by atoms with E-state index in [0.29, 0.717) is 16.0 Å². The molecule has 7 heteroatoms. The second-order valence-electron chi connectivity index (χ2n) is 7.45. The zero-order chi connectivity index (χ0) is 18.2. The lowest BCUT2D eigenvalue weighted by atomic mass is 9.93. The number of aryl methyl sites for hydroxylation is 1. The SMILES string of the molecule is Cc1cnc(N2CCC[C@H]2C(=O)Nc2nc(C(C)(C)C)cs2)c(Cl)c1. The molecule has 0 saturated carbocycles. The average molecular weight is 379 g/mol. The van der Waals surface area contributed by atoms with E-state index in [9.17, 15) is 4.79 Å². The monoisotopic (exact) mass is 378 g/mol. The molecule has 1 fully saturated rings. The Bertz CT molecular complexity index is 784. The molecule has 0 bridgehead atoms. The quantitative estimate of drug-likeness (QED) is 0.859. The molecule has 3 heterocycles. The van der Waals surface area contributed by atoms with Crippen molar-refractivity contribution in [2.75, 3.05) is 16.8 Å². The van der Waals surface area contributed by atoms with Crippen LogP contribution in [0.15, 0.2) is 17.6 Å². The fourth-order valence-electron chi connectivity index (χ4n) is 2.89. The van der Waals surface area contributed by atoms with Crippen LogP contribution in [-0.2, 0) is 10.2 Å². The summed E-state index contributed by atoms with van der Waals surface area (Å²) in [6, 6.07) is 1.61. The Morgan fingerprint density at radius 3 is 2.84 bits per heavy atom. The van der Waals surface area contributed by atoms with E-state index in [0.717, 1.165) is 30.6 Å². The van der Waals surface area contributed by atoms with E-state index in [1.165, 1.54) is 11.3 Å². The summed E-state index contributed by atoms with van der Waals surface area (Å²) in [6.45, 7) is 9.05. The Hall–Kier alpha value is -1.66. The molecule has 1 atom stereocenters. The summed E-state index contributed by atoms with van der Waals surface area (Å²) < 4.78 is 0. The van der Waals surface area contributed by atoms with Gasteiger partial charge in [0.1, 0.15) is 11.9 Å². The van der Waals surface area contributed by atoms with Crippen LogP contribution in [0.4, 0.5) is 10.9 Å². The van der Waals surface area contributed by atoms with Crippen LogP contribution in [0, 0.1) is 6.92 Å². The molecule has 5 nitrogen and oxygen atoms in total. The smallest absolute Gasteiger partial charge is 0.248 e. The molecule has 2 aromatic rings. The predicted molar refractivity (Wildman–Crippen MR) is 104 cm³/mol. The van der Waals surface area contributed by atoms with Gasteiger partial charge >= 0.3 is 0 Å². The van der Waals surface area contributed by atoms with E-state index in [1.807, 2.05) is 23.3 Å². The topological polar surface area (TPSA) is 58.1 Å². The first-order chi connectivity index (χ1) is 11.8. The first-order valence-electron chi connectivity index (χ1n) is 8.41. The van der Waals surface area contributed by atoms with Crippen molar-refractivity contribution in [2.45, 2.75) is 52.0 Å². The Kier molecular flexibility index (Phi) is 5.02. The fraction of sp³-hybridized carbons (Fsp3) is 0.500. The number of halogens is 1. The van der Waals surface area contributed by atoms with Gasteiger partial charge in [-0.05, 0) is 31.4 Å². The van der Waals surface area contributed by atoms with Crippen LogP contribution < -0.4 is 10.2 Å². The van der Waals surface area contributed by atoms with Gasteiger partial charge in [0, 0.05) is 23.5 Å². The van der Waals surface area contributed by atoms with Crippen molar-refractivity contribution in [2.24, 2.45) is 0 Å². The fourth-order valence-corrected chi connectivity index (χ4v) is 4.16. The molecule has 1 aliphatic rings. The van der Waals surface area contributed by atoms with Gasteiger partial charge in [-0.3, -0.25) is 4.79 Å². The van der Waals surface area contributed by atoms with Gasteiger partial charge in [-0.2, -0.15) is 0 Å². The molecule has 3 rings (SSSR count). The van der Waals surface area contributed by atoms with Crippen LogP contribution >= 0.6 is 22.9 Å². The van der Waals surface area contributed by atoms with Gasteiger partial charge in [-0.1, -0.05) is 32.4 Å². The zero-order valence-electron chi connectivity index (χ0n) is 15.0. The van der Waals surface area contributed by atoms with Crippen LogP contribution in [0.1, 0.15) is 44.9 Å². The van der Waals surface area contributed by atoms with Crippen molar-refractivity contribution in [3.63, 3.8) is 0 Å². The number of anilines is 2. The van der Waals surface area contributed by atoms with Crippen LogP contribution in [0.2, 0.25) is 5.02 Å². The minimum atomic E-state index is -0.269. The van der Waals surface area contributed by atoms with Gasteiger partial charge < -0.3 is 10.2 Å². The number of carbonyl (C=O) groups excluding carboxylic acids is 1. The number of aromatic nitrogens is 2. The lowest BCUT2D eigenvalue weighted by Gasteiger charge is -2.25. The predicted octanol–water partition coefficient (Wildman–Crippen LogP) is 4.40. The molecule has 0 radical (unpaired) electrons. The molecule has 1 saturated heterocycles. The molecule has 0 aliphatic carbocycles. The third-order valence-corrected chi connectivity index (χ3v) is 5.32. The number of hydrogen-bond acceptors (Lipinski definition) is 5. The summed E-state index contributed by atoms with van der Waals surface area (Å²) in [7, 11) is 0. The maximum absolute atomic E-state index is 12.8. The van der Waals surface area contributed by atoms with Crippen LogP contribution in [-0.4, -0.2) is 28.5 Å². The van der Waals surface area contributed by atoms with Gasteiger partial charge in [0.25, 0.3) is 0 Å². The van der Waals surface area contributed by atoms with Gasteiger partial charge in [0.2, 0.25) is 5.91 Å². The summed E-state index contributed by atoms with van der Waals surface area (Å²) in [6.07, 6.45) is 3.51. The number of rotatable bonds is 3. The summed E-state index contributed by atoms with van der Waals surface area (Å²) in [4.78, 5) is 23.8. The largest absolute Gasteiger partial charge is 0.343 e. The maximum Gasteiger partial charge on any atom is 0.248 e. The molecular formula is C18H23ClN4OS. The normalized spacial score (nSPS) is 17.8. The standard InChI is InChI=1S/C18H23ClN4OS/c1-11-8-12(19)15(20-9-11)23-7-5-6-13(23)16(24)22-17-21-14(10-25-17)18(2,3)4/h8-10,13H,5-7H2,1-4H3,(H,21,22,24)/t13-/m0/s1. The first-order valence-corrected chi connectivity index (χ1v) is 9.67. The number of amides is 1. The second-order valence-corrected chi connectivity index (χ2v) is 8.71. The van der Waals surface area contributed by atoms with E-state index >= 15 is 0 Å². The molecule has 134 valence electrons. The lowest BCUT2D eigenvalue weighted by molar-refractivity contribution is -0.117. The summed E-state index contributed by atoms with van der Waals surface area (Å²) in [5.41, 5.74) is 1.96. The van der Waals surface area contributed by atoms with Crippen molar-refractivity contribution >= 4 is 39.8 Å². The van der Waals surface area contributed by atoms with E-state index in [2.05, 4.69) is 36.1 Å². The number of nitrogens with one attached hydrogen (secondary N) is 1. The minimum Gasteiger partial charge on any atom is -0.343 e. The molecule has 25 heavy (non-hydrogen) atoms. The summed E-state index contributed by atoms with van der Waals surface area (Å²) in [5.74, 6) is 0.630. The number of carbonyl (C=O) groups is 1. The molecule has 1 N–H and O–H groups in total. The van der Waals surface area contributed by atoms with E-state index in [4.69, 9.17) is 11.6 Å². The molecular weight excluding hydrogens is 356 g/mol. The summed E-state index contributed by atoms with van der Waals surface area (Å²) >= 11 is 7.81. The van der Waals surface area contributed by atoms with Crippen LogP contribution in [0.25, 0.3) is 0 Å². The van der Waals surface area contributed by atoms with Gasteiger partial charge in [0.05, 0.1) is 10.7 Å².